The third-order valence-corrected chi connectivity index (χ3v) is 2.27. The van der Waals surface area contributed by atoms with Crippen LogP contribution in [0.5, 0.6) is 5.75 Å². The molecular weight excluding hydrogens is 234 g/mol. The quantitative estimate of drug-likeness (QED) is 0.840. The third-order valence-electron chi connectivity index (χ3n) is 2.27. The first-order chi connectivity index (χ1) is 8.40. The highest BCUT2D eigenvalue weighted by Gasteiger charge is 2.23. The first-order valence-electron chi connectivity index (χ1n) is 5.67. The fraction of sp³-hybridized carbons (Fsp3) is 0.385. The van der Waals surface area contributed by atoms with Gasteiger partial charge in [0, 0.05) is 24.6 Å². The minimum atomic E-state index is -1.00. The largest absolute Gasteiger partial charge is 0.478 e. The summed E-state index contributed by atoms with van der Waals surface area (Å²) in [7, 11) is 0. The van der Waals surface area contributed by atoms with Crippen molar-refractivity contribution in [3.8, 4) is 5.75 Å². The van der Waals surface area contributed by atoms with Crippen LogP contribution >= 0.6 is 0 Å². The van der Waals surface area contributed by atoms with E-state index in [9.17, 15) is 9.59 Å². The zero-order chi connectivity index (χ0) is 13.7. The van der Waals surface area contributed by atoms with Crippen molar-refractivity contribution >= 4 is 17.6 Å². The maximum Gasteiger partial charge on any atom is 0.345 e. The van der Waals surface area contributed by atoms with E-state index in [0.29, 0.717) is 11.4 Å². The molecule has 0 aliphatic heterocycles. The lowest BCUT2D eigenvalue weighted by molar-refractivity contribution is -0.147. The van der Waals surface area contributed by atoms with Gasteiger partial charge < -0.3 is 15.2 Å². The van der Waals surface area contributed by atoms with Crippen LogP contribution < -0.4 is 10.1 Å². The molecule has 1 aromatic rings. The normalized spacial score (nSPS) is 12.0. The highest BCUT2D eigenvalue weighted by Crippen LogP contribution is 2.20. The van der Waals surface area contributed by atoms with Crippen molar-refractivity contribution in [2.45, 2.75) is 26.9 Å². The monoisotopic (exact) mass is 251 g/mol. The number of hydrogen-bond acceptors (Lipinski definition) is 3. The van der Waals surface area contributed by atoms with E-state index in [1.165, 1.54) is 6.92 Å². The van der Waals surface area contributed by atoms with Crippen LogP contribution in [0.1, 0.15) is 20.8 Å². The number of benzene rings is 1. The van der Waals surface area contributed by atoms with Crippen molar-refractivity contribution < 1.29 is 19.4 Å². The van der Waals surface area contributed by atoms with Crippen LogP contribution in [0.4, 0.5) is 5.69 Å². The Kier molecular flexibility index (Phi) is 4.71. The molecule has 0 saturated heterocycles. The molecule has 0 aromatic heterocycles. The van der Waals surface area contributed by atoms with Crippen molar-refractivity contribution in [2.24, 2.45) is 5.92 Å². The molecule has 1 aromatic carbocycles. The number of carboxylic acids is 1. The molecule has 1 unspecified atom stereocenters. The number of carbonyl (C=O) groups excluding carboxylic acids is 1. The Balaban J connectivity index is 2.83. The van der Waals surface area contributed by atoms with Gasteiger partial charge in [-0.15, -0.1) is 0 Å². The van der Waals surface area contributed by atoms with E-state index < -0.39 is 12.1 Å². The van der Waals surface area contributed by atoms with E-state index in [1.807, 2.05) is 0 Å². The molecule has 98 valence electrons. The maximum atomic E-state index is 11.0. The lowest BCUT2D eigenvalue weighted by atomic mass is 10.1. The number of rotatable bonds is 5. The predicted octanol–water partition coefficient (Wildman–Crippen LogP) is 2.13. The number of ether oxygens (including phenoxy) is 1. The van der Waals surface area contributed by atoms with Gasteiger partial charge in [-0.2, -0.15) is 0 Å². The van der Waals surface area contributed by atoms with E-state index in [-0.39, 0.29) is 11.8 Å². The number of carbonyl (C=O) groups is 2. The summed E-state index contributed by atoms with van der Waals surface area (Å²) >= 11 is 0. The minimum absolute atomic E-state index is 0.146. The Morgan fingerprint density at radius 3 is 2.50 bits per heavy atom. The van der Waals surface area contributed by atoms with Gasteiger partial charge in [-0.1, -0.05) is 19.9 Å². The molecule has 2 N–H and O–H groups in total. The molecule has 1 amide bonds. The molecule has 0 fully saturated rings. The Labute approximate surface area is 106 Å². The molecule has 5 nitrogen and oxygen atoms in total. The second kappa shape index (κ2) is 6.05. The zero-order valence-electron chi connectivity index (χ0n) is 10.6. The predicted molar refractivity (Wildman–Crippen MR) is 67.6 cm³/mol. The van der Waals surface area contributed by atoms with Crippen molar-refractivity contribution in [1.29, 1.82) is 0 Å². The fourth-order valence-electron chi connectivity index (χ4n) is 1.47. The molecule has 0 aliphatic carbocycles. The Morgan fingerprint density at radius 1 is 1.33 bits per heavy atom. The maximum absolute atomic E-state index is 11.0. The molecule has 18 heavy (non-hydrogen) atoms. The molecule has 0 bridgehead atoms. The second-order valence-electron chi connectivity index (χ2n) is 4.33. The van der Waals surface area contributed by atoms with Gasteiger partial charge in [-0.05, 0) is 12.1 Å². The second-order valence-corrected chi connectivity index (χ2v) is 4.33. The van der Waals surface area contributed by atoms with Crippen LogP contribution in [-0.2, 0) is 9.59 Å². The molecule has 0 spiro atoms. The van der Waals surface area contributed by atoms with Gasteiger partial charge in [0.2, 0.25) is 5.91 Å². The van der Waals surface area contributed by atoms with Gasteiger partial charge in [-0.3, -0.25) is 4.79 Å². The van der Waals surface area contributed by atoms with E-state index in [1.54, 1.807) is 38.1 Å². The number of amides is 1. The lowest BCUT2D eigenvalue weighted by Gasteiger charge is -2.18. The average molecular weight is 251 g/mol. The Bertz CT molecular complexity index is 442. The van der Waals surface area contributed by atoms with E-state index in [2.05, 4.69) is 5.32 Å². The van der Waals surface area contributed by atoms with Crippen LogP contribution in [0.3, 0.4) is 0 Å². The molecule has 1 atom stereocenters. The van der Waals surface area contributed by atoms with E-state index in [0.717, 1.165) is 0 Å². The highest BCUT2D eigenvalue weighted by molar-refractivity contribution is 5.88. The fourth-order valence-corrected chi connectivity index (χ4v) is 1.47. The van der Waals surface area contributed by atoms with Gasteiger partial charge in [0.05, 0.1) is 0 Å². The summed E-state index contributed by atoms with van der Waals surface area (Å²) in [5.41, 5.74) is 0.577. The molecule has 1 rings (SSSR count). The first-order valence-corrected chi connectivity index (χ1v) is 5.67. The van der Waals surface area contributed by atoms with Gasteiger partial charge in [-0.25, -0.2) is 4.79 Å². The summed E-state index contributed by atoms with van der Waals surface area (Å²) in [5, 5.41) is 11.6. The summed E-state index contributed by atoms with van der Waals surface area (Å²) in [4.78, 5) is 21.9. The first kappa shape index (κ1) is 14.0. The zero-order valence-corrected chi connectivity index (χ0v) is 10.6. The van der Waals surface area contributed by atoms with Gasteiger partial charge in [0.1, 0.15) is 5.75 Å². The van der Waals surface area contributed by atoms with Crippen LogP contribution in [0.25, 0.3) is 0 Å². The van der Waals surface area contributed by atoms with Gasteiger partial charge in [0.25, 0.3) is 0 Å². The van der Waals surface area contributed by atoms with Crippen molar-refractivity contribution in [3.05, 3.63) is 24.3 Å². The Hall–Kier alpha value is -2.04. The SMILES string of the molecule is CC(=O)Nc1cccc(OC(C(=O)O)C(C)C)c1. The van der Waals surface area contributed by atoms with Crippen LogP contribution in [0.15, 0.2) is 24.3 Å². The standard InChI is InChI=1S/C13H17NO4/c1-8(2)12(13(16)17)18-11-6-4-5-10(7-11)14-9(3)15/h4-8,12H,1-3H3,(H,14,15)(H,16,17). The molecule has 0 radical (unpaired) electrons. The third kappa shape index (κ3) is 4.08. The van der Waals surface area contributed by atoms with Crippen LogP contribution in [0.2, 0.25) is 0 Å². The summed E-state index contributed by atoms with van der Waals surface area (Å²) in [5.74, 6) is -0.921. The highest BCUT2D eigenvalue weighted by atomic mass is 16.5. The lowest BCUT2D eigenvalue weighted by Crippen LogP contribution is -2.32. The van der Waals surface area contributed by atoms with Crippen LogP contribution in [-0.4, -0.2) is 23.1 Å². The van der Waals surface area contributed by atoms with Gasteiger partial charge >= 0.3 is 5.97 Å². The van der Waals surface area contributed by atoms with E-state index >= 15 is 0 Å². The number of nitrogens with one attached hydrogen (secondary N) is 1. The summed E-state index contributed by atoms with van der Waals surface area (Å²) in [6.07, 6.45) is -0.905. The number of carboxylic acid groups (broad SMARTS) is 1. The van der Waals surface area contributed by atoms with Crippen molar-refractivity contribution in [1.82, 2.24) is 0 Å². The summed E-state index contributed by atoms with van der Waals surface area (Å²) < 4.78 is 5.41. The van der Waals surface area contributed by atoms with Gasteiger partial charge in [0.15, 0.2) is 6.10 Å². The number of aliphatic carboxylic acids is 1. The molecule has 5 heteroatoms. The van der Waals surface area contributed by atoms with Crippen molar-refractivity contribution in [3.63, 3.8) is 0 Å². The molecule has 0 saturated carbocycles. The minimum Gasteiger partial charge on any atom is -0.478 e. The molecule has 0 aliphatic rings. The Morgan fingerprint density at radius 2 is 2.00 bits per heavy atom. The topological polar surface area (TPSA) is 75.6 Å². The molecular formula is C13H17NO4. The molecule has 0 heterocycles. The number of anilines is 1. The summed E-state index contributed by atoms with van der Waals surface area (Å²) in [6.45, 7) is 4.95. The van der Waals surface area contributed by atoms with E-state index in [4.69, 9.17) is 9.84 Å². The van der Waals surface area contributed by atoms with Crippen LogP contribution in [0, 0.1) is 5.92 Å². The summed E-state index contributed by atoms with van der Waals surface area (Å²) in [6, 6.07) is 6.66. The average Bonchev–Trinajstić information content (AvgIpc) is 2.24. The smallest absolute Gasteiger partial charge is 0.345 e. The van der Waals surface area contributed by atoms with Crippen molar-refractivity contribution in [2.75, 3.05) is 5.32 Å². The number of hydrogen-bond donors (Lipinski definition) is 2.